The Hall–Kier alpha value is -7.10. The van der Waals surface area contributed by atoms with E-state index in [2.05, 4.69) is 21.3 Å². The molecule has 4 aromatic carbocycles. The van der Waals surface area contributed by atoms with Gasteiger partial charge in [0.1, 0.15) is 23.8 Å². The first kappa shape index (κ1) is 40.3. The van der Waals surface area contributed by atoms with E-state index in [4.69, 9.17) is 29.4 Å². The molecular weight excluding hydrogens is 789 g/mol. The van der Waals surface area contributed by atoms with E-state index < -0.39 is 24.3 Å². The number of hydrogen-bond donors (Lipinski definition) is 4. The lowest BCUT2D eigenvalue weighted by Crippen LogP contribution is -2.49. The molecular formula is C46H48N10O6. The fraction of sp³-hybridized carbons (Fsp3) is 0.348. The molecule has 4 aliphatic heterocycles. The minimum absolute atomic E-state index is 0.105. The van der Waals surface area contributed by atoms with Gasteiger partial charge in [-0.15, -0.1) is 0 Å². The zero-order valence-corrected chi connectivity index (χ0v) is 34.5. The first-order valence-electron chi connectivity index (χ1n) is 21.0. The van der Waals surface area contributed by atoms with Crippen LogP contribution in [0.25, 0.3) is 22.1 Å². The van der Waals surface area contributed by atoms with Gasteiger partial charge >= 0.3 is 12.2 Å². The Morgan fingerprint density at radius 2 is 1.02 bits per heavy atom. The Kier molecular flexibility index (Phi) is 11.4. The van der Waals surface area contributed by atoms with E-state index in [1.54, 1.807) is 9.80 Å². The molecule has 16 nitrogen and oxygen atoms in total. The summed E-state index contributed by atoms with van der Waals surface area (Å²) in [5, 5.41) is 12.6. The van der Waals surface area contributed by atoms with Gasteiger partial charge in [0, 0.05) is 13.1 Å². The van der Waals surface area contributed by atoms with E-state index in [-0.39, 0.29) is 36.0 Å². The highest BCUT2D eigenvalue weighted by molar-refractivity contribution is 5.97. The second kappa shape index (κ2) is 17.5. The zero-order chi connectivity index (χ0) is 42.7. The number of aromatic nitrogens is 2. The van der Waals surface area contributed by atoms with Crippen molar-refractivity contribution in [3.63, 3.8) is 0 Å². The second-order valence-corrected chi connectivity index (χ2v) is 15.9. The zero-order valence-electron chi connectivity index (χ0n) is 34.5. The van der Waals surface area contributed by atoms with Crippen LogP contribution in [-0.4, -0.2) is 108 Å². The van der Waals surface area contributed by atoms with Gasteiger partial charge in [0.05, 0.1) is 73.5 Å². The number of fused-ring (bicyclic) bond motifs is 2. The summed E-state index contributed by atoms with van der Waals surface area (Å²) in [5.74, 6) is 1.10. The molecule has 0 radical (unpaired) electrons. The molecule has 0 spiro atoms. The van der Waals surface area contributed by atoms with E-state index in [9.17, 15) is 19.2 Å². The summed E-state index contributed by atoms with van der Waals surface area (Å²) < 4.78 is 9.69. The smallest absolute Gasteiger partial charge is 0.407 e. The third-order valence-electron chi connectivity index (χ3n) is 12.2. The molecule has 9 rings (SSSR count). The van der Waals surface area contributed by atoms with Crippen LogP contribution in [0.3, 0.4) is 0 Å². The molecule has 5 aromatic rings. The highest BCUT2D eigenvalue weighted by Gasteiger charge is 2.41. The summed E-state index contributed by atoms with van der Waals surface area (Å²) in [6, 6.07) is 28.1. The quantitative estimate of drug-likeness (QED) is 0.139. The Morgan fingerprint density at radius 1 is 0.597 bits per heavy atom. The maximum Gasteiger partial charge on any atom is 0.407 e. The molecule has 0 aliphatic carbocycles. The van der Waals surface area contributed by atoms with Crippen molar-refractivity contribution in [2.75, 3.05) is 40.4 Å². The fourth-order valence-corrected chi connectivity index (χ4v) is 9.02. The number of amidine groups is 2. The summed E-state index contributed by atoms with van der Waals surface area (Å²) in [6.45, 7) is 2.13. The van der Waals surface area contributed by atoms with Crippen molar-refractivity contribution in [2.24, 2.45) is 9.98 Å². The lowest BCUT2D eigenvalue weighted by molar-refractivity contribution is -0.134. The second-order valence-electron chi connectivity index (χ2n) is 15.9. The maximum atomic E-state index is 14.0. The van der Waals surface area contributed by atoms with E-state index in [0.29, 0.717) is 37.3 Å². The van der Waals surface area contributed by atoms with Gasteiger partial charge in [0.2, 0.25) is 0 Å². The van der Waals surface area contributed by atoms with Gasteiger partial charge in [-0.3, -0.25) is 19.6 Å². The van der Waals surface area contributed by atoms with Gasteiger partial charge in [-0.1, -0.05) is 72.8 Å². The Labute approximate surface area is 358 Å². The van der Waals surface area contributed by atoms with Gasteiger partial charge in [0.15, 0.2) is 0 Å². The SMILES string of the molecule is COC(=O)N[C@@H](C(=O)N1CCC[C@H]1C1=NCC(c2ccc3nc4cc(C5CN=C([C@@H]6CCCN6C(=O)[C@H](NC(=O)OC)c6ccccc6)N5)ccc4nc3c2)N1)c1ccccc1. The molecule has 4 amide bonds. The Bertz CT molecular complexity index is 2390. The minimum atomic E-state index is -0.884. The van der Waals surface area contributed by atoms with Crippen molar-refractivity contribution in [3.05, 3.63) is 119 Å². The van der Waals surface area contributed by atoms with Crippen LogP contribution in [0.1, 0.15) is 72.1 Å². The maximum absolute atomic E-state index is 14.0. The van der Waals surface area contributed by atoms with Gasteiger partial charge in [-0.2, -0.15) is 0 Å². The summed E-state index contributed by atoms with van der Waals surface area (Å²) in [5.41, 5.74) is 6.45. The predicted octanol–water partition coefficient (Wildman–Crippen LogP) is 5.05. The number of likely N-dealkylation sites (tertiary alicyclic amines) is 2. The van der Waals surface area contributed by atoms with E-state index in [1.165, 1.54) is 14.2 Å². The number of carbonyl (C=O) groups excluding carboxylic acids is 4. The number of methoxy groups -OCH3 is 2. The normalized spacial score (nSPS) is 21.7. The molecule has 318 valence electrons. The number of amides is 4. The molecule has 16 heteroatoms. The number of rotatable bonds is 10. The number of aliphatic imine (C=N–C) groups is 2. The average molecular weight is 837 g/mol. The third kappa shape index (κ3) is 8.07. The van der Waals surface area contributed by atoms with Crippen molar-refractivity contribution < 1.29 is 28.7 Å². The molecule has 4 aliphatic rings. The van der Waals surface area contributed by atoms with Gasteiger partial charge in [-0.05, 0) is 72.2 Å². The van der Waals surface area contributed by atoms with Crippen LogP contribution in [0.4, 0.5) is 9.59 Å². The molecule has 62 heavy (non-hydrogen) atoms. The number of ether oxygens (including phenoxy) is 2. The molecule has 2 fully saturated rings. The molecule has 5 heterocycles. The van der Waals surface area contributed by atoms with Gasteiger partial charge in [-0.25, -0.2) is 19.6 Å². The highest BCUT2D eigenvalue weighted by atomic mass is 16.5. The van der Waals surface area contributed by atoms with Crippen molar-refractivity contribution >= 4 is 57.7 Å². The molecule has 6 atom stereocenters. The number of carbonyl (C=O) groups is 4. The number of hydrogen-bond acceptors (Lipinski definition) is 12. The van der Waals surface area contributed by atoms with Crippen molar-refractivity contribution in [3.8, 4) is 0 Å². The summed E-state index contributed by atoms with van der Waals surface area (Å²) in [6.07, 6.45) is 1.81. The van der Waals surface area contributed by atoms with Gasteiger partial charge < -0.3 is 40.5 Å². The standard InChI is InChI=1S/C46H48N10O6/c1-61-45(59)53-39(27-11-5-3-6-12-27)43(57)55-21-9-15-37(55)41-47-25-35(51-41)29-17-19-31-33(23-29)49-32-20-18-30(24-34(32)50-31)36-26-48-42(52-36)38-16-10-22-56(38)44(58)40(54-46(60)62-2)28-13-7-4-8-14-28/h3-8,11-14,17-20,23-24,35-40H,9-10,15-16,21-22,25-26H2,1-2H3,(H,47,51)(H,48,52)(H,53,59)(H,54,60)/t35?,36?,37-,38-,39+,40+/m0/s1. The van der Waals surface area contributed by atoms with Crippen LogP contribution in [-0.2, 0) is 19.1 Å². The van der Waals surface area contributed by atoms with E-state index in [1.807, 2.05) is 97.1 Å². The van der Waals surface area contributed by atoms with Crippen LogP contribution in [0.5, 0.6) is 0 Å². The van der Waals surface area contributed by atoms with Crippen LogP contribution in [0.15, 0.2) is 107 Å². The molecule has 2 saturated heterocycles. The average Bonchev–Trinajstić information content (AvgIpc) is 4.16. The summed E-state index contributed by atoms with van der Waals surface area (Å²) >= 11 is 0. The number of nitrogens with one attached hydrogen (secondary N) is 4. The minimum Gasteiger partial charge on any atom is -0.453 e. The molecule has 2 unspecified atom stereocenters. The van der Waals surface area contributed by atoms with Crippen LogP contribution >= 0.6 is 0 Å². The number of benzene rings is 4. The Morgan fingerprint density at radius 3 is 1.42 bits per heavy atom. The highest BCUT2D eigenvalue weighted by Crippen LogP contribution is 2.31. The number of nitrogens with zero attached hydrogens (tertiary/aromatic N) is 6. The van der Waals surface area contributed by atoms with E-state index in [0.717, 1.165) is 70.5 Å². The topological polar surface area (TPSA) is 192 Å². The summed E-state index contributed by atoms with van der Waals surface area (Å²) in [4.78, 5) is 75.9. The fourth-order valence-electron chi connectivity index (χ4n) is 9.02. The van der Waals surface area contributed by atoms with Gasteiger partial charge in [0.25, 0.3) is 11.8 Å². The largest absolute Gasteiger partial charge is 0.453 e. The monoisotopic (exact) mass is 836 g/mol. The molecule has 4 N–H and O–H groups in total. The molecule has 1 aromatic heterocycles. The van der Waals surface area contributed by atoms with Crippen molar-refractivity contribution in [1.29, 1.82) is 0 Å². The van der Waals surface area contributed by atoms with E-state index >= 15 is 0 Å². The number of alkyl carbamates (subject to hydrolysis) is 2. The Balaban J connectivity index is 0.861. The summed E-state index contributed by atoms with van der Waals surface area (Å²) in [7, 11) is 2.56. The first-order chi connectivity index (χ1) is 30.3. The van der Waals surface area contributed by atoms with Crippen LogP contribution < -0.4 is 21.3 Å². The lowest BCUT2D eigenvalue weighted by atomic mass is 10.0. The lowest BCUT2D eigenvalue weighted by Gasteiger charge is -2.30. The predicted molar refractivity (Wildman–Crippen MR) is 232 cm³/mol. The third-order valence-corrected chi connectivity index (χ3v) is 12.2. The van der Waals surface area contributed by atoms with Crippen molar-refractivity contribution in [2.45, 2.75) is 61.9 Å². The van der Waals surface area contributed by atoms with Crippen molar-refractivity contribution in [1.82, 2.24) is 41.0 Å². The molecule has 0 bridgehead atoms. The molecule has 0 saturated carbocycles. The van der Waals surface area contributed by atoms with Crippen LogP contribution in [0, 0.1) is 0 Å². The van der Waals surface area contributed by atoms with Crippen LogP contribution in [0.2, 0.25) is 0 Å². The first-order valence-corrected chi connectivity index (χ1v) is 21.0.